The van der Waals surface area contributed by atoms with E-state index in [1.54, 1.807) is 12.1 Å². The Morgan fingerprint density at radius 2 is 1.77 bits per heavy atom. The second kappa shape index (κ2) is 6.59. The van der Waals surface area contributed by atoms with E-state index < -0.39 is 0 Å². The van der Waals surface area contributed by atoms with Crippen molar-refractivity contribution in [3.63, 3.8) is 0 Å². The minimum Gasteiger partial charge on any atom is -0.347 e. The molecule has 0 heterocycles. The average molecular weight is 372 g/mol. The first kappa shape index (κ1) is 17.4. The highest BCUT2D eigenvalue weighted by molar-refractivity contribution is 6.31. The van der Waals surface area contributed by atoms with Crippen LogP contribution in [-0.4, -0.2) is 18.4 Å². The minimum absolute atomic E-state index is 0.0422. The average Bonchev–Trinajstić information content (AvgIpc) is 2.60. The fraction of sp³-hybridized carbons (Fsp3) is 0.550. The molecule has 5 nitrogen and oxygen atoms in total. The number of hydrogen-bond donors (Lipinski definition) is 2. The molecule has 4 aliphatic rings. The van der Waals surface area contributed by atoms with E-state index in [9.17, 15) is 9.59 Å². The van der Waals surface area contributed by atoms with Gasteiger partial charge in [-0.15, -0.1) is 0 Å². The molecule has 4 fully saturated rings. The number of rotatable bonds is 4. The largest absolute Gasteiger partial charge is 0.347 e. The first-order valence-corrected chi connectivity index (χ1v) is 9.63. The van der Waals surface area contributed by atoms with Crippen molar-refractivity contribution in [1.82, 2.24) is 5.32 Å². The molecule has 0 radical (unpaired) electrons. The van der Waals surface area contributed by atoms with Gasteiger partial charge in [0.15, 0.2) is 0 Å². The van der Waals surface area contributed by atoms with Crippen LogP contribution in [0, 0.1) is 34.5 Å². The first-order chi connectivity index (χ1) is 12.5. The summed E-state index contributed by atoms with van der Waals surface area (Å²) in [5.41, 5.74) is 0.561. The molecule has 26 heavy (non-hydrogen) atoms. The topological polar surface area (TPSA) is 82.0 Å². The summed E-state index contributed by atoms with van der Waals surface area (Å²) < 4.78 is 0. The van der Waals surface area contributed by atoms with Gasteiger partial charge in [-0.2, -0.15) is 5.26 Å². The maximum absolute atomic E-state index is 12.8. The molecule has 136 valence electrons. The minimum atomic E-state index is -0.297. The van der Waals surface area contributed by atoms with Crippen LogP contribution in [0.25, 0.3) is 0 Å². The Morgan fingerprint density at radius 3 is 2.35 bits per heavy atom. The fourth-order valence-corrected chi connectivity index (χ4v) is 5.79. The number of nitriles is 1. The van der Waals surface area contributed by atoms with Crippen molar-refractivity contribution in [2.45, 2.75) is 38.5 Å². The van der Waals surface area contributed by atoms with Gasteiger partial charge < -0.3 is 10.6 Å². The standard InChI is InChI=1S/C20H22ClN3O2/c21-17-2-1-16(6-15(17)10-22)24-18(25)11-23-19(26)20-7-12-3-13(8-20)5-14(4-12)9-20/h1-2,6,12-14H,3-5,7-9,11H2,(H,23,26)(H,24,25). The second-order valence-corrected chi connectivity index (χ2v) is 8.64. The van der Waals surface area contributed by atoms with Crippen LogP contribution in [0.3, 0.4) is 0 Å². The molecule has 6 heteroatoms. The van der Waals surface area contributed by atoms with E-state index in [1.807, 2.05) is 6.07 Å². The highest BCUT2D eigenvalue weighted by Gasteiger charge is 2.54. The van der Waals surface area contributed by atoms with Gasteiger partial charge in [0.05, 0.1) is 17.1 Å². The Morgan fingerprint density at radius 1 is 1.15 bits per heavy atom. The zero-order valence-corrected chi connectivity index (χ0v) is 15.3. The maximum atomic E-state index is 12.8. The summed E-state index contributed by atoms with van der Waals surface area (Å²) in [6.45, 7) is -0.0505. The van der Waals surface area contributed by atoms with E-state index in [0.29, 0.717) is 34.0 Å². The Labute approximate surface area is 158 Å². The van der Waals surface area contributed by atoms with E-state index in [-0.39, 0.29) is 23.8 Å². The van der Waals surface area contributed by atoms with Crippen molar-refractivity contribution in [3.05, 3.63) is 28.8 Å². The Kier molecular flexibility index (Phi) is 4.40. The lowest BCUT2D eigenvalue weighted by Crippen LogP contribution is -2.54. The third kappa shape index (κ3) is 3.19. The molecule has 0 spiro atoms. The predicted octanol–water partition coefficient (Wildman–Crippen LogP) is 3.48. The molecule has 2 amide bonds. The highest BCUT2D eigenvalue weighted by Crippen LogP contribution is 2.60. The van der Waals surface area contributed by atoms with Crippen LogP contribution >= 0.6 is 11.6 Å². The van der Waals surface area contributed by atoms with Gasteiger partial charge in [0.25, 0.3) is 0 Å². The number of carbonyl (C=O) groups excluding carboxylic acids is 2. The van der Waals surface area contributed by atoms with Gasteiger partial charge in [-0.3, -0.25) is 9.59 Å². The van der Waals surface area contributed by atoms with Crippen LogP contribution in [0.1, 0.15) is 44.1 Å². The Bertz CT molecular complexity index is 763. The third-order valence-corrected chi connectivity index (χ3v) is 6.63. The lowest BCUT2D eigenvalue weighted by Gasteiger charge is -2.55. The van der Waals surface area contributed by atoms with Gasteiger partial charge in [-0.25, -0.2) is 0 Å². The lowest BCUT2D eigenvalue weighted by molar-refractivity contribution is -0.146. The summed E-state index contributed by atoms with van der Waals surface area (Å²) in [7, 11) is 0. The summed E-state index contributed by atoms with van der Waals surface area (Å²) in [5, 5.41) is 14.9. The molecular formula is C20H22ClN3O2. The van der Waals surface area contributed by atoms with E-state index >= 15 is 0 Å². The second-order valence-electron chi connectivity index (χ2n) is 8.24. The van der Waals surface area contributed by atoms with E-state index in [0.717, 1.165) is 19.3 Å². The quantitative estimate of drug-likeness (QED) is 0.850. The van der Waals surface area contributed by atoms with Crippen LogP contribution in [0.4, 0.5) is 5.69 Å². The van der Waals surface area contributed by atoms with Gasteiger partial charge in [0.2, 0.25) is 11.8 Å². The monoisotopic (exact) mass is 371 g/mol. The molecule has 4 saturated carbocycles. The van der Waals surface area contributed by atoms with Gasteiger partial charge in [-0.05, 0) is 74.5 Å². The zero-order valence-electron chi connectivity index (χ0n) is 14.6. The number of amides is 2. The van der Waals surface area contributed by atoms with Gasteiger partial charge in [0, 0.05) is 11.1 Å². The number of nitrogens with one attached hydrogen (secondary N) is 2. The summed E-state index contributed by atoms with van der Waals surface area (Å²) in [5.74, 6) is 1.83. The Hall–Kier alpha value is -2.06. The molecule has 5 rings (SSSR count). The highest BCUT2D eigenvalue weighted by atomic mass is 35.5. The summed E-state index contributed by atoms with van der Waals surface area (Å²) >= 11 is 5.89. The normalized spacial score (nSPS) is 31.3. The molecule has 2 N–H and O–H groups in total. The molecule has 4 aliphatic carbocycles. The first-order valence-electron chi connectivity index (χ1n) is 9.25. The molecule has 0 atom stereocenters. The molecular weight excluding hydrogens is 350 g/mol. The smallest absolute Gasteiger partial charge is 0.243 e. The van der Waals surface area contributed by atoms with Crippen molar-refractivity contribution in [2.75, 3.05) is 11.9 Å². The van der Waals surface area contributed by atoms with Gasteiger partial charge in [-0.1, -0.05) is 11.6 Å². The number of halogens is 1. The summed E-state index contributed by atoms with van der Waals surface area (Å²) in [6.07, 6.45) is 6.79. The maximum Gasteiger partial charge on any atom is 0.243 e. The van der Waals surface area contributed by atoms with Gasteiger partial charge in [0.1, 0.15) is 6.07 Å². The number of nitrogens with zero attached hydrogens (tertiary/aromatic N) is 1. The number of hydrogen-bond acceptors (Lipinski definition) is 3. The molecule has 0 aliphatic heterocycles. The van der Waals surface area contributed by atoms with Crippen molar-refractivity contribution >= 4 is 29.1 Å². The number of carbonyl (C=O) groups is 2. The van der Waals surface area contributed by atoms with E-state index in [1.165, 1.54) is 25.3 Å². The van der Waals surface area contributed by atoms with E-state index in [4.69, 9.17) is 16.9 Å². The van der Waals surface area contributed by atoms with Crippen LogP contribution < -0.4 is 10.6 Å². The third-order valence-electron chi connectivity index (χ3n) is 6.30. The molecule has 0 saturated heterocycles. The molecule has 0 unspecified atom stereocenters. The molecule has 0 aromatic heterocycles. The van der Waals surface area contributed by atoms with Crippen LogP contribution in [-0.2, 0) is 9.59 Å². The molecule has 1 aromatic rings. The van der Waals surface area contributed by atoms with Crippen molar-refractivity contribution in [3.8, 4) is 6.07 Å². The number of anilines is 1. The SMILES string of the molecule is N#Cc1cc(NC(=O)CNC(=O)C23CC4CC(CC(C4)C2)C3)ccc1Cl. The van der Waals surface area contributed by atoms with Crippen molar-refractivity contribution in [1.29, 1.82) is 5.26 Å². The zero-order chi connectivity index (χ0) is 18.3. The van der Waals surface area contributed by atoms with E-state index in [2.05, 4.69) is 10.6 Å². The van der Waals surface area contributed by atoms with Crippen molar-refractivity contribution < 1.29 is 9.59 Å². The van der Waals surface area contributed by atoms with Crippen molar-refractivity contribution in [2.24, 2.45) is 23.2 Å². The molecule has 4 bridgehead atoms. The van der Waals surface area contributed by atoms with Crippen LogP contribution in [0.15, 0.2) is 18.2 Å². The predicted molar refractivity (Wildman–Crippen MR) is 98.4 cm³/mol. The van der Waals surface area contributed by atoms with Crippen LogP contribution in [0.2, 0.25) is 5.02 Å². The van der Waals surface area contributed by atoms with Crippen LogP contribution in [0.5, 0.6) is 0 Å². The fourth-order valence-electron chi connectivity index (χ4n) is 5.63. The Balaban J connectivity index is 1.35. The summed E-state index contributed by atoms with van der Waals surface area (Å²) in [6, 6.07) is 6.72. The van der Waals surface area contributed by atoms with Gasteiger partial charge >= 0.3 is 0 Å². The molecule has 1 aromatic carbocycles. The number of benzene rings is 1. The summed E-state index contributed by atoms with van der Waals surface area (Å²) in [4.78, 5) is 25.0. The lowest BCUT2D eigenvalue weighted by atomic mass is 9.49.